The van der Waals surface area contributed by atoms with Crippen molar-refractivity contribution in [3.05, 3.63) is 0 Å². The first-order chi connectivity index (χ1) is 8.85. The predicted molar refractivity (Wildman–Crippen MR) is 80.4 cm³/mol. The molecule has 0 aromatic heterocycles. The van der Waals surface area contributed by atoms with Gasteiger partial charge in [0.05, 0.1) is 6.61 Å². The fourth-order valence-electron chi connectivity index (χ4n) is 2.69. The highest BCUT2D eigenvalue weighted by molar-refractivity contribution is 4.61. The van der Waals surface area contributed by atoms with E-state index in [0.717, 1.165) is 18.8 Å². The number of rotatable bonds is 14. The second-order valence-corrected chi connectivity index (χ2v) is 5.76. The number of unbranched alkanes of at least 4 members (excludes halogenated alkanes) is 7. The van der Waals surface area contributed by atoms with Gasteiger partial charge in [0.25, 0.3) is 0 Å². The Hall–Kier alpha value is -0.0400. The molecule has 0 aromatic carbocycles. The van der Waals surface area contributed by atoms with Gasteiger partial charge in [-0.25, -0.2) is 5.11 Å². The average molecular weight is 255 g/mol. The summed E-state index contributed by atoms with van der Waals surface area (Å²) in [6.45, 7) is 4.67. The van der Waals surface area contributed by atoms with Crippen molar-refractivity contribution in [2.24, 2.45) is 5.92 Å². The minimum atomic E-state index is 0.123. The highest BCUT2D eigenvalue weighted by Crippen LogP contribution is 2.23. The highest BCUT2D eigenvalue weighted by Gasteiger charge is 2.08. The summed E-state index contributed by atoms with van der Waals surface area (Å²) in [6, 6.07) is 0. The van der Waals surface area contributed by atoms with Crippen molar-refractivity contribution in [2.75, 3.05) is 6.61 Å². The van der Waals surface area contributed by atoms with Crippen LogP contribution in [0.15, 0.2) is 0 Å². The van der Waals surface area contributed by atoms with Crippen molar-refractivity contribution in [2.45, 2.75) is 97.3 Å². The van der Waals surface area contributed by atoms with E-state index >= 15 is 0 Å². The van der Waals surface area contributed by atoms with Crippen molar-refractivity contribution < 1.29 is 5.11 Å². The molecule has 0 heterocycles. The lowest BCUT2D eigenvalue weighted by Crippen LogP contribution is -2.02. The maximum Gasteiger partial charge on any atom is 0.0822 e. The van der Waals surface area contributed by atoms with Crippen molar-refractivity contribution in [1.29, 1.82) is 0 Å². The fourth-order valence-corrected chi connectivity index (χ4v) is 2.69. The molecule has 1 unspecified atom stereocenters. The molecule has 18 heavy (non-hydrogen) atoms. The molecule has 1 heteroatoms. The molecule has 1 atom stereocenters. The molecule has 0 fully saturated rings. The number of hydrogen-bond acceptors (Lipinski definition) is 0. The van der Waals surface area contributed by atoms with E-state index in [9.17, 15) is 5.11 Å². The van der Waals surface area contributed by atoms with Crippen LogP contribution in [0, 0.1) is 5.92 Å². The Balaban J connectivity index is 3.60. The molecule has 0 saturated carbocycles. The molecule has 0 aliphatic heterocycles. The molecular formula is C17H35O. The van der Waals surface area contributed by atoms with Gasteiger partial charge in [0.2, 0.25) is 0 Å². The predicted octanol–water partition coefficient (Wildman–Crippen LogP) is 6.14. The van der Waals surface area contributed by atoms with E-state index in [0.29, 0.717) is 0 Å². The summed E-state index contributed by atoms with van der Waals surface area (Å²) in [4.78, 5) is 0. The van der Waals surface area contributed by atoms with Gasteiger partial charge < -0.3 is 0 Å². The van der Waals surface area contributed by atoms with Crippen LogP contribution < -0.4 is 0 Å². The molecule has 0 aliphatic carbocycles. The van der Waals surface area contributed by atoms with Crippen molar-refractivity contribution in [3.8, 4) is 0 Å². The average Bonchev–Trinajstić information content (AvgIpc) is 2.38. The molecular weight excluding hydrogens is 220 g/mol. The van der Waals surface area contributed by atoms with Crippen LogP contribution in [0.2, 0.25) is 0 Å². The Morgan fingerprint density at radius 1 is 0.611 bits per heavy atom. The zero-order chi connectivity index (χ0) is 13.5. The molecule has 0 saturated heterocycles. The number of hydrogen-bond donors (Lipinski definition) is 0. The first-order valence-corrected chi connectivity index (χ1v) is 8.43. The van der Waals surface area contributed by atoms with E-state index in [1.54, 1.807) is 0 Å². The standard InChI is InChI=1S/C17H35O/c1-3-5-7-8-10-14-17(13-9-6-4-2)15-11-12-16-18/h17H,3-16H2,1-2H3. The van der Waals surface area contributed by atoms with Gasteiger partial charge >= 0.3 is 0 Å². The van der Waals surface area contributed by atoms with Crippen LogP contribution in [-0.4, -0.2) is 6.61 Å². The van der Waals surface area contributed by atoms with Gasteiger partial charge in [-0.3, -0.25) is 0 Å². The molecule has 0 amide bonds. The molecule has 0 aliphatic rings. The summed E-state index contributed by atoms with van der Waals surface area (Å²) in [5.41, 5.74) is 0. The maximum absolute atomic E-state index is 10.5. The van der Waals surface area contributed by atoms with Gasteiger partial charge in [-0.15, -0.1) is 0 Å². The zero-order valence-electron chi connectivity index (χ0n) is 12.9. The summed E-state index contributed by atoms with van der Waals surface area (Å²) in [5, 5.41) is 10.5. The topological polar surface area (TPSA) is 19.9 Å². The second-order valence-electron chi connectivity index (χ2n) is 5.76. The fraction of sp³-hybridized carbons (Fsp3) is 1.00. The van der Waals surface area contributed by atoms with E-state index in [1.165, 1.54) is 70.6 Å². The Labute approximate surface area is 115 Å². The molecule has 1 nitrogen and oxygen atoms in total. The van der Waals surface area contributed by atoms with Crippen LogP contribution >= 0.6 is 0 Å². The lowest BCUT2D eigenvalue weighted by molar-refractivity contribution is 0.183. The summed E-state index contributed by atoms with van der Waals surface area (Å²) < 4.78 is 0. The smallest absolute Gasteiger partial charge is 0.0822 e. The minimum Gasteiger partial charge on any atom is -0.237 e. The Morgan fingerprint density at radius 3 is 1.61 bits per heavy atom. The minimum absolute atomic E-state index is 0.123. The van der Waals surface area contributed by atoms with E-state index in [2.05, 4.69) is 13.8 Å². The third-order valence-corrected chi connectivity index (χ3v) is 3.94. The normalized spacial score (nSPS) is 12.8. The molecule has 0 N–H and O–H groups in total. The summed E-state index contributed by atoms with van der Waals surface area (Å²) in [6.07, 6.45) is 17.2. The maximum atomic E-state index is 10.5. The van der Waals surface area contributed by atoms with Gasteiger partial charge in [0, 0.05) is 0 Å². The molecule has 0 rings (SSSR count). The van der Waals surface area contributed by atoms with E-state index in [-0.39, 0.29) is 6.61 Å². The van der Waals surface area contributed by atoms with E-state index in [1.807, 2.05) is 0 Å². The first kappa shape index (κ1) is 18.0. The summed E-state index contributed by atoms with van der Waals surface area (Å²) >= 11 is 0. The monoisotopic (exact) mass is 255 g/mol. The van der Waals surface area contributed by atoms with Crippen LogP contribution in [0.1, 0.15) is 97.3 Å². The summed E-state index contributed by atoms with van der Waals surface area (Å²) in [7, 11) is 0. The van der Waals surface area contributed by atoms with Crippen LogP contribution in [0.3, 0.4) is 0 Å². The molecule has 0 spiro atoms. The summed E-state index contributed by atoms with van der Waals surface area (Å²) in [5.74, 6) is 0.907. The zero-order valence-corrected chi connectivity index (χ0v) is 12.9. The first-order valence-electron chi connectivity index (χ1n) is 8.43. The van der Waals surface area contributed by atoms with Crippen LogP contribution in [0.25, 0.3) is 0 Å². The third-order valence-electron chi connectivity index (χ3n) is 3.94. The lowest BCUT2D eigenvalue weighted by atomic mass is 9.90. The van der Waals surface area contributed by atoms with Crippen LogP contribution in [0.4, 0.5) is 0 Å². The van der Waals surface area contributed by atoms with Crippen molar-refractivity contribution >= 4 is 0 Å². The Kier molecular flexibility index (Phi) is 15.0. The second kappa shape index (κ2) is 15.0. The Morgan fingerprint density at radius 2 is 1.06 bits per heavy atom. The molecule has 109 valence electrons. The quantitative estimate of drug-likeness (QED) is 0.332. The van der Waals surface area contributed by atoms with Gasteiger partial charge in [0.15, 0.2) is 0 Å². The molecule has 1 radical (unpaired) electrons. The lowest BCUT2D eigenvalue weighted by Gasteiger charge is -2.16. The van der Waals surface area contributed by atoms with Gasteiger partial charge in [-0.2, -0.15) is 0 Å². The Bertz CT molecular complexity index is 135. The SMILES string of the molecule is CCCCCCCC(CCCCC)CCCC[O]. The third kappa shape index (κ3) is 12.4. The highest BCUT2D eigenvalue weighted by atomic mass is 16.2. The van der Waals surface area contributed by atoms with Crippen molar-refractivity contribution in [1.82, 2.24) is 0 Å². The van der Waals surface area contributed by atoms with Gasteiger partial charge in [-0.1, -0.05) is 90.9 Å². The largest absolute Gasteiger partial charge is 0.237 e. The molecule has 0 bridgehead atoms. The van der Waals surface area contributed by atoms with Crippen molar-refractivity contribution in [3.63, 3.8) is 0 Å². The van der Waals surface area contributed by atoms with E-state index in [4.69, 9.17) is 0 Å². The van der Waals surface area contributed by atoms with Crippen LogP contribution in [0.5, 0.6) is 0 Å². The van der Waals surface area contributed by atoms with Crippen LogP contribution in [-0.2, 0) is 5.11 Å². The van der Waals surface area contributed by atoms with Gasteiger partial charge in [0.1, 0.15) is 0 Å². The van der Waals surface area contributed by atoms with Gasteiger partial charge in [-0.05, 0) is 12.3 Å². The van der Waals surface area contributed by atoms with E-state index < -0.39 is 0 Å². The molecule has 0 aromatic rings.